The van der Waals surface area contributed by atoms with E-state index in [1.807, 2.05) is 18.2 Å². The fraction of sp³-hybridized carbons (Fsp3) is 0.550. The molecule has 26 heavy (non-hydrogen) atoms. The minimum absolute atomic E-state index is 0.178. The van der Waals surface area contributed by atoms with Gasteiger partial charge in [-0.05, 0) is 43.9 Å². The first-order valence-corrected chi connectivity index (χ1v) is 9.14. The molecule has 2 amide bonds. The number of rotatable bonds is 11. The second-order valence-electron chi connectivity index (χ2n) is 6.79. The van der Waals surface area contributed by atoms with Crippen molar-refractivity contribution in [3.63, 3.8) is 0 Å². The van der Waals surface area contributed by atoms with Gasteiger partial charge in [0.2, 0.25) is 5.91 Å². The highest BCUT2D eigenvalue weighted by Gasteiger charge is 2.15. The highest BCUT2D eigenvalue weighted by Crippen LogP contribution is 2.12. The summed E-state index contributed by atoms with van der Waals surface area (Å²) in [5.74, 6) is -1.24. The van der Waals surface area contributed by atoms with Gasteiger partial charge in [-0.3, -0.25) is 14.4 Å². The maximum Gasteiger partial charge on any atom is 0.325 e. The Kier molecular flexibility index (Phi) is 9.41. The molecule has 1 rings (SSSR count). The predicted octanol–water partition coefficient (Wildman–Crippen LogP) is 2.86. The van der Waals surface area contributed by atoms with E-state index < -0.39 is 12.0 Å². The molecule has 0 bridgehead atoms. The van der Waals surface area contributed by atoms with E-state index in [2.05, 4.69) is 5.32 Å². The molecule has 144 valence electrons. The van der Waals surface area contributed by atoms with E-state index in [0.29, 0.717) is 12.0 Å². The number of aliphatic carboxylic acids is 1. The summed E-state index contributed by atoms with van der Waals surface area (Å²) in [5.41, 5.74) is 1.56. The summed E-state index contributed by atoms with van der Waals surface area (Å²) < 4.78 is 0. The minimum atomic E-state index is -1.05. The average Bonchev–Trinajstić information content (AvgIpc) is 2.60. The Balaban J connectivity index is 2.30. The summed E-state index contributed by atoms with van der Waals surface area (Å²) >= 11 is 0. The van der Waals surface area contributed by atoms with Crippen LogP contribution in [-0.4, -0.2) is 47.9 Å². The zero-order valence-electron chi connectivity index (χ0n) is 16.0. The van der Waals surface area contributed by atoms with E-state index in [4.69, 9.17) is 5.11 Å². The van der Waals surface area contributed by atoms with Gasteiger partial charge in [0.15, 0.2) is 0 Å². The van der Waals surface area contributed by atoms with Crippen LogP contribution in [0.25, 0.3) is 0 Å². The Morgan fingerprint density at radius 3 is 2.38 bits per heavy atom. The fourth-order valence-electron chi connectivity index (χ4n) is 2.57. The van der Waals surface area contributed by atoms with Crippen LogP contribution in [0.4, 0.5) is 0 Å². The molecule has 0 saturated carbocycles. The summed E-state index contributed by atoms with van der Waals surface area (Å²) in [7, 11) is 3.55. The Bertz CT molecular complexity index is 614. The van der Waals surface area contributed by atoms with E-state index in [-0.39, 0.29) is 11.8 Å². The lowest BCUT2D eigenvalue weighted by atomic mass is 10.0. The molecule has 0 aliphatic carbocycles. The molecule has 6 nitrogen and oxygen atoms in total. The number of aryl methyl sites for hydroxylation is 1. The van der Waals surface area contributed by atoms with Crippen molar-refractivity contribution in [1.29, 1.82) is 0 Å². The van der Waals surface area contributed by atoms with Gasteiger partial charge in [-0.1, -0.05) is 31.4 Å². The second-order valence-corrected chi connectivity index (χ2v) is 6.79. The Hall–Kier alpha value is -2.37. The van der Waals surface area contributed by atoms with Gasteiger partial charge < -0.3 is 15.3 Å². The summed E-state index contributed by atoms with van der Waals surface area (Å²) in [5, 5.41) is 11.3. The van der Waals surface area contributed by atoms with Crippen LogP contribution in [0.15, 0.2) is 24.3 Å². The zero-order valence-corrected chi connectivity index (χ0v) is 16.0. The van der Waals surface area contributed by atoms with Gasteiger partial charge in [0.25, 0.3) is 5.91 Å². The minimum Gasteiger partial charge on any atom is -0.480 e. The number of hydrogen-bond donors (Lipinski definition) is 2. The number of unbranched alkanes of at least 4 members (excludes halogenated alkanes) is 4. The number of nitrogens with one attached hydrogen (secondary N) is 1. The highest BCUT2D eigenvalue weighted by atomic mass is 16.4. The standard InChI is InChI=1S/C20H30N2O4/c1-15(20(25)26)21-19(24)17-12-9-11-16(14-17)10-7-5-4-6-8-13-18(23)22(2)3/h9,11-12,14-15H,4-8,10,13H2,1-3H3,(H,21,24)(H,25,26)/t15-/m1/s1. The number of carbonyl (C=O) groups excluding carboxylic acids is 2. The lowest BCUT2D eigenvalue weighted by molar-refractivity contribution is -0.138. The van der Waals surface area contributed by atoms with Gasteiger partial charge in [0, 0.05) is 26.1 Å². The highest BCUT2D eigenvalue weighted by molar-refractivity contribution is 5.96. The van der Waals surface area contributed by atoms with Crippen molar-refractivity contribution in [3.05, 3.63) is 35.4 Å². The van der Waals surface area contributed by atoms with Gasteiger partial charge in [0.1, 0.15) is 6.04 Å². The van der Waals surface area contributed by atoms with Crippen molar-refractivity contribution < 1.29 is 19.5 Å². The van der Waals surface area contributed by atoms with Gasteiger partial charge in [-0.25, -0.2) is 0 Å². The smallest absolute Gasteiger partial charge is 0.325 e. The molecule has 0 spiro atoms. The van der Waals surface area contributed by atoms with E-state index in [9.17, 15) is 14.4 Å². The van der Waals surface area contributed by atoms with E-state index in [1.165, 1.54) is 6.92 Å². The van der Waals surface area contributed by atoms with Crippen LogP contribution < -0.4 is 5.32 Å². The number of carboxylic acid groups (broad SMARTS) is 1. The molecular formula is C20H30N2O4. The van der Waals surface area contributed by atoms with Crippen molar-refractivity contribution >= 4 is 17.8 Å². The van der Waals surface area contributed by atoms with Crippen molar-refractivity contribution in [3.8, 4) is 0 Å². The van der Waals surface area contributed by atoms with Crippen LogP contribution in [0.1, 0.15) is 61.4 Å². The molecule has 0 aliphatic rings. The van der Waals surface area contributed by atoms with E-state index >= 15 is 0 Å². The average molecular weight is 362 g/mol. The largest absolute Gasteiger partial charge is 0.480 e. The molecule has 0 aliphatic heterocycles. The van der Waals surface area contributed by atoms with Crippen molar-refractivity contribution in [2.45, 2.75) is 57.9 Å². The van der Waals surface area contributed by atoms with Crippen LogP contribution in [0.5, 0.6) is 0 Å². The van der Waals surface area contributed by atoms with Crippen LogP contribution in [0.3, 0.4) is 0 Å². The molecule has 1 atom stereocenters. The monoisotopic (exact) mass is 362 g/mol. The summed E-state index contributed by atoms with van der Waals surface area (Å²) in [4.78, 5) is 36.0. The first-order valence-electron chi connectivity index (χ1n) is 9.14. The van der Waals surface area contributed by atoms with E-state index in [0.717, 1.165) is 44.1 Å². The van der Waals surface area contributed by atoms with Gasteiger partial charge in [0.05, 0.1) is 0 Å². The molecule has 0 fully saturated rings. The molecule has 1 aromatic rings. The normalized spacial score (nSPS) is 11.7. The lowest BCUT2D eigenvalue weighted by Gasteiger charge is -2.10. The number of nitrogens with zero attached hydrogens (tertiary/aromatic N) is 1. The van der Waals surface area contributed by atoms with Crippen molar-refractivity contribution in [2.24, 2.45) is 0 Å². The molecule has 6 heteroatoms. The molecule has 0 aromatic heterocycles. The second kappa shape index (κ2) is 11.3. The molecule has 2 N–H and O–H groups in total. The van der Waals surface area contributed by atoms with Crippen molar-refractivity contribution in [1.82, 2.24) is 10.2 Å². The topological polar surface area (TPSA) is 86.7 Å². The first-order chi connectivity index (χ1) is 12.3. The Morgan fingerprint density at radius 1 is 1.08 bits per heavy atom. The number of hydrogen-bond acceptors (Lipinski definition) is 3. The Morgan fingerprint density at radius 2 is 1.73 bits per heavy atom. The number of benzene rings is 1. The number of carboxylic acids is 1. The third-order valence-corrected chi connectivity index (χ3v) is 4.26. The van der Waals surface area contributed by atoms with Gasteiger partial charge in [-0.15, -0.1) is 0 Å². The molecule has 0 radical (unpaired) electrons. The zero-order chi connectivity index (χ0) is 19.5. The van der Waals surface area contributed by atoms with Crippen LogP contribution in [-0.2, 0) is 16.0 Å². The SMILES string of the molecule is C[C@@H](NC(=O)c1cccc(CCCCCCCC(=O)N(C)C)c1)C(=O)O. The van der Waals surface area contributed by atoms with Gasteiger partial charge >= 0.3 is 5.97 Å². The third-order valence-electron chi connectivity index (χ3n) is 4.26. The maximum absolute atomic E-state index is 12.1. The maximum atomic E-state index is 12.1. The predicted molar refractivity (Wildman–Crippen MR) is 101 cm³/mol. The molecule has 1 aromatic carbocycles. The van der Waals surface area contributed by atoms with Crippen LogP contribution in [0.2, 0.25) is 0 Å². The molecule has 0 unspecified atom stereocenters. The number of carbonyl (C=O) groups is 3. The molecular weight excluding hydrogens is 332 g/mol. The van der Waals surface area contributed by atoms with Crippen LogP contribution >= 0.6 is 0 Å². The van der Waals surface area contributed by atoms with Crippen molar-refractivity contribution in [2.75, 3.05) is 14.1 Å². The summed E-state index contributed by atoms with van der Waals surface area (Å²) in [6, 6.07) is 6.40. The first kappa shape index (κ1) is 21.7. The number of amides is 2. The van der Waals surface area contributed by atoms with Crippen LogP contribution in [0, 0.1) is 0 Å². The summed E-state index contributed by atoms with van der Waals surface area (Å²) in [6.07, 6.45) is 6.67. The third kappa shape index (κ3) is 8.14. The fourth-order valence-corrected chi connectivity index (χ4v) is 2.57. The van der Waals surface area contributed by atoms with E-state index in [1.54, 1.807) is 25.1 Å². The summed E-state index contributed by atoms with van der Waals surface area (Å²) in [6.45, 7) is 1.44. The van der Waals surface area contributed by atoms with Gasteiger partial charge in [-0.2, -0.15) is 0 Å². The molecule has 0 saturated heterocycles. The Labute approximate surface area is 155 Å². The quantitative estimate of drug-likeness (QED) is 0.593. The molecule has 0 heterocycles. The lowest BCUT2D eigenvalue weighted by Crippen LogP contribution is -2.38.